The van der Waals surface area contributed by atoms with Gasteiger partial charge in [-0.05, 0) is 55.1 Å². The number of nitrogens with two attached hydrogens (primary N) is 1. The van der Waals surface area contributed by atoms with E-state index < -0.39 is 0 Å². The van der Waals surface area contributed by atoms with Crippen molar-refractivity contribution in [2.24, 2.45) is 11.1 Å². The molecule has 1 aliphatic rings. The number of ether oxygens (including phenoxy) is 1. The maximum absolute atomic E-state index is 12.4. The topological polar surface area (TPSA) is 82.2 Å². The number of aromatic nitrogens is 2. The summed E-state index contributed by atoms with van der Waals surface area (Å²) in [5.41, 5.74) is 7.75. The standard InChI is InChI=1S/C20H28N4O2.ClH/c1-26-18-7-5-17(6-8-18)24-12-9-16(23-24)14-22-19(25)13-20(15-21)10-3-2-4-11-20;/h5-9,12H,2-4,10-11,13-15,21H2,1H3,(H,22,25);1H. The number of hydrogen-bond donors (Lipinski definition) is 2. The Balaban J connectivity index is 0.00000261. The lowest BCUT2D eigenvalue weighted by Gasteiger charge is -2.35. The zero-order valence-electron chi connectivity index (χ0n) is 15.8. The van der Waals surface area contributed by atoms with Crippen LogP contribution in [0.4, 0.5) is 0 Å². The van der Waals surface area contributed by atoms with E-state index in [0.29, 0.717) is 19.5 Å². The fourth-order valence-electron chi connectivity index (χ4n) is 3.68. The van der Waals surface area contributed by atoms with Gasteiger partial charge >= 0.3 is 0 Å². The molecule has 148 valence electrons. The van der Waals surface area contributed by atoms with Crippen molar-refractivity contribution in [2.75, 3.05) is 13.7 Å². The van der Waals surface area contributed by atoms with Crippen LogP contribution in [0.2, 0.25) is 0 Å². The first-order chi connectivity index (χ1) is 12.6. The minimum absolute atomic E-state index is 0. The van der Waals surface area contributed by atoms with Gasteiger partial charge in [-0.2, -0.15) is 5.10 Å². The number of rotatable bonds is 7. The molecule has 1 amide bonds. The second kappa shape index (κ2) is 9.76. The van der Waals surface area contributed by atoms with Crippen LogP contribution in [0.1, 0.15) is 44.2 Å². The summed E-state index contributed by atoms with van der Waals surface area (Å²) in [7, 11) is 1.64. The SMILES string of the molecule is COc1ccc(-n2ccc(CNC(=O)CC3(CN)CCCCC3)n2)cc1.Cl. The van der Waals surface area contributed by atoms with E-state index in [2.05, 4.69) is 10.4 Å². The Labute approximate surface area is 166 Å². The highest BCUT2D eigenvalue weighted by atomic mass is 35.5. The van der Waals surface area contributed by atoms with Crippen molar-refractivity contribution in [1.29, 1.82) is 0 Å². The van der Waals surface area contributed by atoms with Gasteiger partial charge in [0, 0.05) is 12.6 Å². The van der Waals surface area contributed by atoms with Gasteiger partial charge in [-0.25, -0.2) is 4.68 Å². The highest BCUT2D eigenvalue weighted by molar-refractivity contribution is 5.85. The van der Waals surface area contributed by atoms with Crippen LogP contribution in [0.3, 0.4) is 0 Å². The van der Waals surface area contributed by atoms with Crippen molar-refractivity contribution >= 4 is 18.3 Å². The van der Waals surface area contributed by atoms with E-state index in [4.69, 9.17) is 10.5 Å². The van der Waals surface area contributed by atoms with E-state index in [1.807, 2.05) is 36.5 Å². The summed E-state index contributed by atoms with van der Waals surface area (Å²) in [5.74, 6) is 0.876. The number of hydrogen-bond acceptors (Lipinski definition) is 4. The molecule has 1 aliphatic carbocycles. The molecule has 1 heterocycles. The smallest absolute Gasteiger partial charge is 0.220 e. The predicted molar refractivity (Wildman–Crippen MR) is 108 cm³/mol. The fourth-order valence-corrected chi connectivity index (χ4v) is 3.68. The Morgan fingerprint density at radius 3 is 2.56 bits per heavy atom. The van der Waals surface area contributed by atoms with Crippen LogP contribution in [0.5, 0.6) is 5.75 Å². The molecule has 1 aromatic carbocycles. The quantitative estimate of drug-likeness (QED) is 0.757. The lowest BCUT2D eigenvalue weighted by molar-refractivity contribution is -0.124. The molecule has 1 aromatic heterocycles. The number of carbonyl (C=O) groups excluding carboxylic acids is 1. The van der Waals surface area contributed by atoms with Gasteiger partial charge in [0.1, 0.15) is 5.75 Å². The van der Waals surface area contributed by atoms with Gasteiger partial charge in [0.15, 0.2) is 0 Å². The largest absolute Gasteiger partial charge is 0.497 e. The highest BCUT2D eigenvalue weighted by Gasteiger charge is 2.32. The van der Waals surface area contributed by atoms with Crippen LogP contribution in [-0.2, 0) is 11.3 Å². The first kappa shape index (κ1) is 21.3. The molecule has 1 saturated carbocycles. The summed E-state index contributed by atoms with van der Waals surface area (Å²) in [4.78, 5) is 12.4. The van der Waals surface area contributed by atoms with E-state index >= 15 is 0 Å². The number of nitrogens with one attached hydrogen (secondary N) is 1. The van der Waals surface area contributed by atoms with Crippen LogP contribution >= 0.6 is 12.4 Å². The van der Waals surface area contributed by atoms with Crippen LogP contribution in [-0.4, -0.2) is 29.3 Å². The van der Waals surface area contributed by atoms with Gasteiger partial charge in [-0.15, -0.1) is 12.4 Å². The number of nitrogens with zero attached hydrogens (tertiary/aromatic N) is 2. The lowest BCUT2D eigenvalue weighted by atomic mass is 9.71. The van der Waals surface area contributed by atoms with E-state index in [9.17, 15) is 4.79 Å². The molecule has 0 saturated heterocycles. The van der Waals surface area contributed by atoms with E-state index in [-0.39, 0.29) is 23.7 Å². The third-order valence-corrected chi connectivity index (χ3v) is 5.33. The predicted octanol–water partition coefficient (Wildman–Crippen LogP) is 3.22. The second-order valence-electron chi connectivity index (χ2n) is 7.17. The average Bonchev–Trinajstić information content (AvgIpc) is 3.16. The van der Waals surface area contributed by atoms with Crippen LogP contribution < -0.4 is 15.8 Å². The lowest BCUT2D eigenvalue weighted by Crippen LogP contribution is -2.38. The molecule has 1 fully saturated rings. The molecular formula is C20H29ClN4O2. The summed E-state index contributed by atoms with van der Waals surface area (Å²) in [5, 5.41) is 7.53. The number of methoxy groups -OCH3 is 1. The van der Waals surface area contributed by atoms with Crippen molar-refractivity contribution in [3.05, 3.63) is 42.2 Å². The second-order valence-corrected chi connectivity index (χ2v) is 7.17. The minimum Gasteiger partial charge on any atom is -0.497 e. The first-order valence-corrected chi connectivity index (χ1v) is 9.30. The molecule has 0 bridgehead atoms. The van der Waals surface area contributed by atoms with Gasteiger partial charge < -0.3 is 15.8 Å². The Bertz CT molecular complexity index is 724. The Morgan fingerprint density at radius 1 is 1.22 bits per heavy atom. The molecular weight excluding hydrogens is 364 g/mol. The van der Waals surface area contributed by atoms with Crippen molar-refractivity contribution < 1.29 is 9.53 Å². The van der Waals surface area contributed by atoms with Gasteiger partial charge in [-0.1, -0.05) is 19.3 Å². The summed E-state index contributed by atoms with van der Waals surface area (Å²) in [6, 6.07) is 9.61. The normalized spacial score (nSPS) is 15.6. The van der Waals surface area contributed by atoms with E-state index in [1.165, 1.54) is 19.3 Å². The van der Waals surface area contributed by atoms with Crippen molar-refractivity contribution in [2.45, 2.75) is 45.1 Å². The molecule has 3 N–H and O–H groups in total. The fraction of sp³-hybridized carbons (Fsp3) is 0.500. The molecule has 2 aromatic rings. The Kier molecular flexibility index (Phi) is 7.68. The zero-order valence-corrected chi connectivity index (χ0v) is 16.6. The Morgan fingerprint density at radius 2 is 1.93 bits per heavy atom. The van der Waals surface area contributed by atoms with E-state index in [0.717, 1.165) is 30.0 Å². The van der Waals surface area contributed by atoms with Gasteiger partial charge in [0.25, 0.3) is 0 Å². The number of halogens is 1. The highest BCUT2D eigenvalue weighted by Crippen LogP contribution is 2.38. The van der Waals surface area contributed by atoms with Gasteiger partial charge in [0.2, 0.25) is 5.91 Å². The van der Waals surface area contributed by atoms with Crippen molar-refractivity contribution in [3.8, 4) is 11.4 Å². The van der Waals surface area contributed by atoms with Gasteiger partial charge in [-0.3, -0.25) is 4.79 Å². The molecule has 0 radical (unpaired) electrons. The minimum atomic E-state index is -0.00914. The zero-order chi connectivity index (χ0) is 18.4. The number of benzene rings is 1. The summed E-state index contributed by atoms with van der Waals surface area (Å²) in [6.45, 7) is 1.02. The summed E-state index contributed by atoms with van der Waals surface area (Å²) < 4.78 is 6.96. The molecule has 6 nitrogen and oxygen atoms in total. The summed E-state index contributed by atoms with van der Waals surface area (Å²) >= 11 is 0. The molecule has 0 atom stereocenters. The van der Waals surface area contributed by atoms with E-state index in [1.54, 1.807) is 11.8 Å². The van der Waals surface area contributed by atoms with Crippen LogP contribution in [0, 0.1) is 5.41 Å². The van der Waals surface area contributed by atoms with Crippen LogP contribution in [0.15, 0.2) is 36.5 Å². The van der Waals surface area contributed by atoms with Crippen molar-refractivity contribution in [3.63, 3.8) is 0 Å². The third kappa shape index (κ3) is 5.47. The maximum atomic E-state index is 12.4. The Hall–Kier alpha value is -2.05. The molecule has 0 unspecified atom stereocenters. The molecule has 0 spiro atoms. The number of carbonyl (C=O) groups is 1. The third-order valence-electron chi connectivity index (χ3n) is 5.33. The summed E-state index contributed by atoms with van der Waals surface area (Å²) in [6.07, 6.45) is 8.14. The van der Waals surface area contributed by atoms with Crippen LogP contribution in [0.25, 0.3) is 5.69 Å². The molecule has 27 heavy (non-hydrogen) atoms. The molecule has 3 rings (SSSR count). The maximum Gasteiger partial charge on any atom is 0.220 e. The monoisotopic (exact) mass is 392 g/mol. The average molecular weight is 393 g/mol. The molecule has 0 aliphatic heterocycles. The molecule has 7 heteroatoms. The van der Waals surface area contributed by atoms with Crippen molar-refractivity contribution in [1.82, 2.24) is 15.1 Å². The first-order valence-electron chi connectivity index (χ1n) is 9.30. The van der Waals surface area contributed by atoms with Gasteiger partial charge in [0.05, 0.1) is 25.0 Å². The number of amides is 1.